The molecule has 0 aliphatic carbocycles. The van der Waals surface area contributed by atoms with Gasteiger partial charge < -0.3 is 19.5 Å². The Morgan fingerprint density at radius 2 is 1.71 bits per heavy atom. The van der Waals surface area contributed by atoms with Gasteiger partial charge >= 0.3 is 0 Å². The van der Waals surface area contributed by atoms with Crippen molar-refractivity contribution >= 4 is 17.6 Å². The Balaban J connectivity index is 1.86. The minimum absolute atomic E-state index is 0.271. The first-order valence-corrected chi connectivity index (χ1v) is 9.51. The highest BCUT2D eigenvalue weighted by atomic mass is 16.5. The van der Waals surface area contributed by atoms with E-state index in [-0.39, 0.29) is 11.9 Å². The quantitative estimate of drug-likeness (QED) is 0.449. The SMILES string of the molecule is COc1ccccc1NC(=NCc1cccnc1)NC(=O)c1ccc(OC)c(OC)c1. The van der Waals surface area contributed by atoms with E-state index in [0.29, 0.717) is 35.0 Å². The Hall–Kier alpha value is -4.07. The lowest BCUT2D eigenvalue weighted by atomic mass is 10.2. The number of aliphatic imine (C=N–C) groups is 1. The van der Waals surface area contributed by atoms with Gasteiger partial charge in [0.05, 0.1) is 33.6 Å². The molecule has 0 aliphatic rings. The molecule has 0 aliphatic heterocycles. The van der Waals surface area contributed by atoms with Crippen molar-refractivity contribution in [3.05, 3.63) is 78.1 Å². The highest BCUT2D eigenvalue weighted by Crippen LogP contribution is 2.27. The number of carbonyl (C=O) groups excluding carboxylic acids is 1. The van der Waals surface area contributed by atoms with Gasteiger partial charge in [-0.05, 0) is 42.0 Å². The number of nitrogens with one attached hydrogen (secondary N) is 2. The van der Waals surface area contributed by atoms with Crippen molar-refractivity contribution in [1.29, 1.82) is 0 Å². The third-order valence-corrected chi connectivity index (χ3v) is 4.38. The molecule has 0 atom stereocenters. The van der Waals surface area contributed by atoms with Crippen molar-refractivity contribution in [2.75, 3.05) is 26.6 Å². The van der Waals surface area contributed by atoms with Gasteiger partial charge in [0.15, 0.2) is 11.5 Å². The first kappa shape index (κ1) is 21.6. The van der Waals surface area contributed by atoms with Crippen LogP contribution in [0.25, 0.3) is 0 Å². The summed E-state index contributed by atoms with van der Waals surface area (Å²) in [6, 6.07) is 16.0. The van der Waals surface area contributed by atoms with Crippen LogP contribution >= 0.6 is 0 Å². The normalized spacial score (nSPS) is 10.9. The van der Waals surface area contributed by atoms with E-state index in [1.54, 1.807) is 37.7 Å². The number of amides is 1. The maximum absolute atomic E-state index is 12.9. The zero-order valence-electron chi connectivity index (χ0n) is 17.6. The summed E-state index contributed by atoms with van der Waals surface area (Å²) in [5, 5.41) is 5.96. The summed E-state index contributed by atoms with van der Waals surface area (Å²) in [4.78, 5) is 21.5. The molecule has 8 nitrogen and oxygen atoms in total. The zero-order valence-corrected chi connectivity index (χ0v) is 17.6. The van der Waals surface area contributed by atoms with E-state index >= 15 is 0 Å². The molecule has 2 aromatic carbocycles. The van der Waals surface area contributed by atoms with Crippen molar-refractivity contribution in [1.82, 2.24) is 10.3 Å². The molecule has 1 amide bonds. The van der Waals surface area contributed by atoms with Gasteiger partial charge in [0.1, 0.15) is 5.75 Å². The lowest BCUT2D eigenvalue weighted by molar-refractivity contribution is 0.0976. The number of hydrogen-bond donors (Lipinski definition) is 2. The monoisotopic (exact) mass is 420 g/mol. The van der Waals surface area contributed by atoms with Crippen molar-refractivity contribution < 1.29 is 19.0 Å². The van der Waals surface area contributed by atoms with Crippen molar-refractivity contribution in [3.63, 3.8) is 0 Å². The van der Waals surface area contributed by atoms with E-state index in [9.17, 15) is 4.79 Å². The molecule has 1 heterocycles. The molecule has 0 spiro atoms. The smallest absolute Gasteiger partial charge is 0.258 e. The number of carbonyl (C=O) groups is 1. The molecule has 3 rings (SSSR count). The van der Waals surface area contributed by atoms with Gasteiger partial charge in [0, 0.05) is 18.0 Å². The fourth-order valence-corrected chi connectivity index (χ4v) is 2.80. The molecule has 0 saturated heterocycles. The number of benzene rings is 2. The Bertz CT molecular complexity index is 1050. The van der Waals surface area contributed by atoms with Crippen molar-refractivity contribution in [2.45, 2.75) is 6.54 Å². The topological polar surface area (TPSA) is 94.1 Å². The predicted octanol–water partition coefficient (Wildman–Crippen LogP) is 3.51. The molecule has 1 aromatic heterocycles. The van der Waals surface area contributed by atoms with Gasteiger partial charge in [-0.25, -0.2) is 4.99 Å². The maximum Gasteiger partial charge on any atom is 0.258 e. The number of pyridine rings is 1. The predicted molar refractivity (Wildman–Crippen MR) is 119 cm³/mol. The molecule has 2 N–H and O–H groups in total. The van der Waals surface area contributed by atoms with Crippen LogP contribution in [0.5, 0.6) is 17.2 Å². The average Bonchev–Trinajstić information content (AvgIpc) is 2.83. The number of para-hydroxylation sites is 2. The molecule has 0 saturated carbocycles. The summed E-state index contributed by atoms with van der Waals surface area (Å²) in [6.07, 6.45) is 3.42. The molecular formula is C23H24N4O4. The van der Waals surface area contributed by atoms with E-state index < -0.39 is 0 Å². The second kappa shape index (κ2) is 10.6. The third kappa shape index (κ3) is 5.72. The fraction of sp³-hybridized carbons (Fsp3) is 0.174. The molecule has 31 heavy (non-hydrogen) atoms. The first-order chi connectivity index (χ1) is 15.1. The third-order valence-electron chi connectivity index (χ3n) is 4.38. The van der Waals surface area contributed by atoms with Gasteiger partial charge in [-0.1, -0.05) is 18.2 Å². The summed E-state index contributed by atoms with van der Waals surface area (Å²) < 4.78 is 15.9. The lowest BCUT2D eigenvalue weighted by Crippen LogP contribution is -2.36. The molecule has 0 unspecified atom stereocenters. The molecule has 0 fully saturated rings. The second-order valence-corrected chi connectivity index (χ2v) is 6.38. The van der Waals surface area contributed by atoms with Gasteiger partial charge in [-0.3, -0.25) is 15.1 Å². The minimum Gasteiger partial charge on any atom is -0.495 e. The summed E-state index contributed by atoms with van der Waals surface area (Å²) >= 11 is 0. The highest BCUT2D eigenvalue weighted by Gasteiger charge is 2.14. The largest absolute Gasteiger partial charge is 0.495 e. The number of guanidine groups is 1. The molecule has 8 heteroatoms. The van der Waals surface area contributed by atoms with Gasteiger partial charge in [-0.15, -0.1) is 0 Å². The molecule has 0 bridgehead atoms. The number of anilines is 1. The summed E-state index contributed by atoms with van der Waals surface area (Å²) in [5.41, 5.74) is 1.97. The Labute approximate surface area is 180 Å². The lowest BCUT2D eigenvalue weighted by Gasteiger charge is -2.15. The number of ether oxygens (including phenoxy) is 3. The Morgan fingerprint density at radius 1 is 0.935 bits per heavy atom. The van der Waals surface area contributed by atoms with E-state index in [0.717, 1.165) is 5.56 Å². The van der Waals surface area contributed by atoms with Crippen molar-refractivity contribution in [2.24, 2.45) is 4.99 Å². The Kier molecular flexibility index (Phi) is 7.42. The minimum atomic E-state index is -0.353. The number of aromatic nitrogens is 1. The first-order valence-electron chi connectivity index (χ1n) is 9.51. The molecular weight excluding hydrogens is 396 g/mol. The fourth-order valence-electron chi connectivity index (χ4n) is 2.80. The molecule has 3 aromatic rings. The number of hydrogen-bond acceptors (Lipinski definition) is 6. The second-order valence-electron chi connectivity index (χ2n) is 6.38. The van der Waals surface area contributed by atoms with Crippen LogP contribution in [0.1, 0.15) is 15.9 Å². The van der Waals surface area contributed by atoms with Gasteiger partial charge in [0.25, 0.3) is 5.91 Å². The van der Waals surface area contributed by atoms with Crippen molar-refractivity contribution in [3.8, 4) is 17.2 Å². The standard InChI is InChI=1S/C23H24N4O4/c1-29-19-9-5-4-8-18(19)26-23(25-15-16-7-6-12-24-14-16)27-22(28)17-10-11-20(30-2)21(13-17)31-3/h4-14H,15H2,1-3H3,(H2,25,26,27,28). The van der Waals surface area contributed by atoms with E-state index in [4.69, 9.17) is 14.2 Å². The molecule has 160 valence electrons. The van der Waals surface area contributed by atoms with Crippen LogP contribution in [-0.2, 0) is 6.54 Å². The van der Waals surface area contributed by atoms with Gasteiger partial charge in [0.2, 0.25) is 5.96 Å². The maximum atomic E-state index is 12.9. The number of rotatable bonds is 7. The Morgan fingerprint density at radius 3 is 2.42 bits per heavy atom. The zero-order chi connectivity index (χ0) is 22.1. The van der Waals surface area contributed by atoms with Crippen LogP contribution in [0.3, 0.4) is 0 Å². The summed E-state index contributed by atoms with van der Waals surface area (Å²) in [6.45, 7) is 0.331. The molecule has 0 radical (unpaired) electrons. The number of nitrogens with zero attached hydrogens (tertiary/aromatic N) is 2. The van der Waals surface area contributed by atoms with E-state index in [1.807, 2.05) is 36.4 Å². The van der Waals surface area contributed by atoms with Crippen LogP contribution in [0.4, 0.5) is 5.69 Å². The highest BCUT2D eigenvalue weighted by molar-refractivity contribution is 6.10. The summed E-state index contributed by atoms with van der Waals surface area (Å²) in [7, 11) is 4.64. The average molecular weight is 420 g/mol. The van der Waals surface area contributed by atoms with Crippen LogP contribution in [-0.4, -0.2) is 38.2 Å². The van der Waals surface area contributed by atoms with E-state index in [1.165, 1.54) is 14.2 Å². The van der Waals surface area contributed by atoms with Crippen LogP contribution in [0.2, 0.25) is 0 Å². The van der Waals surface area contributed by atoms with E-state index in [2.05, 4.69) is 20.6 Å². The number of methoxy groups -OCH3 is 3. The van der Waals surface area contributed by atoms with Crippen LogP contribution in [0.15, 0.2) is 72.0 Å². The van der Waals surface area contributed by atoms with Crippen LogP contribution in [0, 0.1) is 0 Å². The van der Waals surface area contributed by atoms with Gasteiger partial charge in [-0.2, -0.15) is 0 Å². The summed E-state index contributed by atoms with van der Waals surface area (Å²) in [5.74, 6) is 1.54. The van der Waals surface area contributed by atoms with Crippen LogP contribution < -0.4 is 24.8 Å².